The summed E-state index contributed by atoms with van der Waals surface area (Å²) >= 11 is 0. The van der Waals surface area contributed by atoms with E-state index in [1.807, 2.05) is 0 Å². The van der Waals surface area contributed by atoms with E-state index in [2.05, 4.69) is 0 Å². The summed E-state index contributed by atoms with van der Waals surface area (Å²) in [5.41, 5.74) is 0.113. The summed E-state index contributed by atoms with van der Waals surface area (Å²) in [6.07, 6.45) is 1.02. The topological polar surface area (TPSA) is 64.3 Å². The first kappa shape index (κ1) is 10.9. The molecule has 0 atom stereocenters. The van der Waals surface area contributed by atoms with Crippen LogP contribution in [0.3, 0.4) is 0 Å². The first-order valence-electron chi connectivity index (χ1n) is 4.64. The van der Waals surface area contributed by atoms with Crippen molar-refractivity contribution in [2.75, 3.05) is 6.26 Å². The Kier molecular flexibility index (Phi) is 2.35. The summed E-state index contributed by atoms with van der Waals surface area (Å²) in [5, 5.41) is 0.142. The zero-order valence-corrected chi connectivity index (χ0v) is 9.67. The molecule has 0 N–H and O–H groups in total. The molecule has 0 spiro atoms. The molecule has 0 fully saturated rings. The van der Waals surface area contributed by atoms with Crippen molar-refractivity contribution in [3.8, 4) is 0 Å². The van der Waals surface area contributed by atoms with Crippen LogP contribution in [0.4, 0.5) is 0 Å². The number of para-hydroxylation sites is 1. The van der Waals surface area contributed by atoms with Crippen molar-refractivity contribution in [2.45, 2.75) is 12.0 Å². The Bertz CT molecular complexity index is 710. The molecule has 0 saturated carbocycles. The number of rotatable bonds is 1. The quantitative estimate of drug-likeness (QED) is 0.755. The van der Waals surface area contributed by atoms with Crippen LogP contribution in [0.5, 0.6) is 0 Å². The monoisotopic (exact) mass is 238 g/mol. The summed E-state index contributed by atoms with van der Waals surface area (Å²) in [6, 6.07) is 6.58. The summed E-state index contributed by atoms with van der Waals surface area (Å²) < 4.78 is 28.1. The average molecular weight is 238 g/mol. The standard InChI is InChI=1S/C11H10O4S/c1-7-10(12)8-5-3-4-6-9(8)15-11(7)16(2,13)14/h3-6H,1-2H3. The van der Waals surface area contributed by atoms with Crippen molar-refractivity contribution in [2.24, 2.45) is 0 Å². The predicted molar refractivity (Wildman–Crippen MR) is 60.3 cm³/mol. The van der Waals surface area contributed by atoms with Crippen LogP contribution in [0, 0.1) is 6.92 Å². The number of hydrogen-bond donors (Lipinski definition) is 0. The van der Waals surface area contributed by atoms with Crippen molar-refractivity contribution in [1.82, 2.24) is 0 Å². The van der Waals surface area contributed by atoms with Gasteiger partial charge in [-0.25, -0.2) is 8.42 Å². The van der Waals surface area contributed by atoms with Gasteiger partial charge in [-0.2, -0.15) is 0 Å². The van der Waals surface area contributed by atoms with Gasteiger partial charge in [0.1, 0.15) is 5.58 Å². The molecule has 2 rings (SSSR count). The minimum absolute atomic E-state index is 0.126. The van der Waals surface area contributed by atoms with Gasteiger partial charge in [0.05, 0.1) is 10.9 Å². The first-order chi connectivity index (χ1) is 7.41. The smallest absolute Gasteiger partial charge is 0.225 e. The molecule has 1 aromatic heterocycles. The summed E-state index contributed by atoms with van der Waals surface area (Å²) in [5.74, 6) is 0. The molecule has 84 valence electrons. The maximum Gasteiger partial charge on any atom is 0.225 e. The van der Waals surface area contributed by atoms with Gasteiger partial charge in [-0.1, -0.05) is 12.1 Å². The van der Waals surface area contributed by atoms with Gasteiger partial charge in [-0.3, -0.25) is 4.79 Å². The second-order valence-electron chi connectivity index (χ2n) is 3.61. The van der Waals surface area contributed by atoms with Crippen LogP contribution in [0.2, 0.25) is 0 Å². The molecule has 5 heteroatoms. The zero-order chi connectivity index (χ0) is 11.9. The summed E-state index contributed by atoms with van der Waals surface area (Å²) in [7, 11) is -3.51. The third-order valence-corrected chi connectivity index (χ3v) is 3.38. The van der Waals surface area contributed by atoms with Gasteiger partial charge in [-0.15, -0.1) is 0 Å². The van der Waals surface area contributed by atoms with Crippen molar-refractivity contribution < 1.29 is 12.8 Å². The first-order valence-corrected chi connectivity index (χ1v) is 6.53. The van der Waals surface area contributed by atoms with Crippen LogP contribution in [-0.2, 0) is 9.84 Å². The highest BCUT2D eigenvalue weighted by molar-refractivity contribution is 7.90. The lowest BCUT2D eigenvalue weighted by molar-refractivity contribution is 0.465. The minimum atomic E-state index is -3.51. The van der Waals surface area contributed by atoms with Gasteiger partial charge in [0, 0.05) is 6.26 Å². The van der Waals surface area contributed by atoms with Crippen LogP contribution < -0.4 is 5.43 Å². The molecule has 16 heavy (non-hydrogen) atoms. The molecule has 1 aromatic carbocycles. The summed E-state index contributed by atoms with van der Waals surface area (Å²) in [6.45, 7) is 1.45. The fourth-order valence-electron chi connectivity index (χ4n) is 1.57. The van der Waals surface area contributed by atoms with Crippen molar-refractivity contribution in [3.05, 3.63) is 40.1 Å². The fraction of sp³-hybridized carbons (Fsp3) is 0.182. The molecule has 0 aliphatic rings. The lowest BCUT2D eigenvalue weighted by Crippen LogP contribution is -2.12. The third-order valence-electron chi connectivity index (χ3n) is 2.32. The maximum atomic E-state index is 11.9. The highest BCUT2D eigenvalue weighted by Crippen LogP contribution is 2.18. The van der Waals surface area contributed by atoms with E-state index in [-0.39, 0.29) is 16.1 Å². The maximum absolute atomic E-state index is 11.9. The Morgan fingerprint density at radius 3 is 2.44 bits per heavy atom. The van der Waals surface area contributed by atoms with Gasteiger partial charge in [0.25, 0.3) is 0 Å². The molecule has 4 nitrogen and oxygen atoms in total. The van der Waals surface area contributed by atoms with E-state index in [4.69, 9.17) is 4.42 Å². The van der Waals surface area contributed by atoms with Crippen LogP contribution >= 0.6 is 0 Å². The lowest BCUT2D eigenvalue weighted by atomic mass is 10.2. The number of hydrogen-bond acceptors (Lipinski definition) is 4. The highest BCUT2D eigenvalue weighted by atomic mass is 32.2. The van der Waals surface area contributed by atoms with Gasteiger partial charge >= 0.3 is 0 Å². The van der Waals surface area contributed by atoms with Crippen molar-refractivity contribution in [3.63, 3.8) is 0 Å². The van der Waals surface area contributed by atoms with E-state index in [0.29, 0.717) is 11.0 Å². The highest BCUT2D eigenvalue weighted by Gasteiger charge is 2.18. The van der Waals surface area contributed by atoms with E-state index < -0.39 is 9.84 Å². The Hall–Kier alpha value is -1.62. The number of sulfone groups is 1. The Morgan fingerprint density at radius 2 is 1.81 bits per heavy atom. The minimum Gasteiger partial charge on any atom is -0.444 e. The van der Waals surface area contributed by atoms with Gasteiger partial charge < -0.3 is 4.42 Å². The Morgan fingerprint density at radius 1 is 1.19 bits per heavy atom. The van der Waals surface area contributed by atoms with Crippen molar-refractivity contribution >= 4 is 20.8 Å². The van der Waals surface area contributed by atoms with Crippen molar-refractivity contribution in [1.29, 1.82) is 0 Å². The Labute approximate surface area is 92.4 Å². The molecule has 2 aromatic rings. The van der Waals surface area contributed by atoms with E-state index in [9.17, 15) is 13.2 Å². The van der Waals surface area contributed by atoms with Crippen LogP contribution in [0.15, 0.2) is 38.6 Å². The van der Waals surface area contributed by atoms with Gasteiger partial charge in [0.15, 0.2) is 5.43 Å². The fourth-order valence-corrected chi connectivity index (χ4v) is 2.46. The molecular formula is C11H10O4S. The molecule has 0 radical (unpaired) electrons. The van der Waals surface area contributed by atoms with E-state index >= 15 is 0 Å². The number of benzene rings is 1. The van der Waals surface area contributed by atoms with E-state index in [1.54, 1.807) is 24.3 Å². The van der Waals surface area contributed by atoms with E-state index in [0.717, 1.165) is 6.26 Å². The summed E-state index contributed by atoms with van der Waals surface area (Å²) in [4.78, 5) is 11.9. The zero-order valence-electron chi connectivity index (χ0n) is 8.85. The average Bonchev–Trinajstić information content (AvgIpc) is 2.22. The molecular weight excluding hydrogens is 228 g/mol. The van der Waals surface area contributed by atoms with Crippen LogP contribution in [0.1, 0.15) is 5.56 Å². The molecule has 0 aliphatic carbocycles. The lowest BCUT2D eigenvalue weighted by Gasteiger charge is -2.04. The Balaban J connectivity index is 3.02. The molecule has 0 aliphatic heterocycles. The van der Waals surface area contributed by atoms with E-state index in [1.165, 1.54) is 6.92 Å². The molecule has 0 unspecified atom stereocenters. The van der Waals surface area contributed by atoms with Crippen LogP contribution in [-0.4, -0.2) is 14.7 Å². The second kappa shape index (κ2) is 3.45. The third kappa shape index (κ3) is 1.63. The molecule has 1 heterocycles. The largest absolute Gasteiger partial charge is 0.444 e. The predicted octanol–water partition coefficient (Wildman–Crippen LogP) is 1.50. The SMILES string of the molecule is Cc1c(S(C)(=O)=O)oc2ccccc2c1=O. The van der Waals surface area contributed by atoms with Gasteiger partial charge in [-0.05, 0) is 19.1 Å². The normalized spacial score (nSPS) is 11.9. The molecule has 0 amide bonds. The van der Waals surface area contributed by atoms with Crippen LogP contribution in [0.25, 0.3) is 11.0 Å². The number of fused-ring (bicyclic) bond motifs is 1. The molecule has 0 bridgehead atoms. The second-order valence-corrected chi connectivity index (χ2v) is 5.53. The van der Waals surface area contributed by atoms with Gasteiger partial charge in [0.2, 0.25) is 14.9 Å². The molecule has 0 saturated heterocycles.